The highest BCUT2D eigenvalue weighted by molar-refractivity contribution is 5.94. The van der Waals surface area contributed by atoms with Gasteiger partial charge in [0.2, 0.25) is 0 Å². The molecule has 0 heterocycles. The summed E-state index contributed by atoms with van der Waals surface area (Å²) in [5.41, 5.74) is 0.929. The standard InChI is InChI=1S/C15H20FNO/c1-15(2)9-7-13(8-10-15)17-14(18)11-3-5-12(16)6-4-11/h3-6,13H,7-10H2,1-2H3,(H,17,18). The third-order valence-corrected chi connectivity index (χ3v) is 3.78. The summed E-state index contributed by atoms with van der Waals surface area (Å²) in [6.07, 6.45) is 4.34. The van der Waals surface area contributed by atoms with Gasteiger partial charge in [0.05, 0.1) is 0 Å². The Bertz CT molecular complexity index is 415. The summed E-state index contributed by atoms with van der Waals surface area (Å²) in [4.78, 5) is 12.0. The number of hydrogen-bond donors (Lipinski definition) is 1. The zero-order chi connectivity index (χ0) is 13.2. The molecule has 1 aliphatic rings. The van der Waals surface area contributed by atoms with Crippen molar-refractivity contribution >= 4 is 5.91 Å². The lowest BCUT2D eigenvalue weighted by Gasteiger charge is -2.34. The molecule has 0 unspecified atom stereocenters. The summed E-state index contributed by atoms with van der Waals surface area (Å²) in [5, 5.41) is 3.03. The van der Waals surface area contributed by atoms with Crippen LogP contribution in [0.5, 0.6) is 0 Å². The molecule has 18 heavy (non-hydrogen) atoms. The lowest BCUT2D eigenvalue weighted by atomic mass is 9.75. The summed E-state index contributed by atoms with van der Waals surface area (Å²) in [6.45, 7) is 4.54. The van der Waals surface area contributed by atoms with Gasteiger partial charge in [0.25, 0.3) is 5.91 Å². The molecule has 1 fully saturated rings. The van der Waals surface area contributed by atoms with Gasteiger partial charge in [-0.05, 0) is 55.4 Å². The zero-order valence-corrected chi connectivity index (χ0v) is 11.0. The highest BCUT2D eigenvalue weighted by Crippen LogP contribution is 2.35. The van der Waals surface area contributed by atoms with Crippen molar-refractivity contribution in [3.8, 4) is 0 Å². The van der Waals surface area contributed by atoms with Gasteiger partial charge in [-0.3, -0.25) is 4.79 Å². The number of carbonyl (C=O) groups excluding carboxylic acids is 1. The largest absolute Gasteiger partial charge is 0.349 e. The van der Waals surface area contributed by atoms with E-state index in [-0.39, 0.29) is 17.8 Å². The molecule has 0 saturated heterocycles. The molecule has 0 aliphatic heterocycles. The summed E-state index contributed by atoms with van der Waals surface area (Å²) < 4.78 is 12.8. The molecule has 2 rings (SSSR count). The second-order valence-corrected chi connectivity index (χ2v) is 5.92. The first kappa shape index (κ1) is 13.1. The Morgan fingerprint density at radius 3 is 2.33 bits per heavy atom. The molecule has 1 N–H and O–H groups in total. The number of nitrogens with one attached hydrogen (secondary N) is 1. The summed E-state index contributed by atoms with van der Waals surface area (Å²) in [6, 6.07) is 5.95. The van der Waals surface area contributed by atoms with Crippen molar-refractivity contribution in [3.05, 3.63) is 35.6 Å². The van der Waals surface area contributed by atoms with Crippen molar-refractivity contribution < 1.29 is 9.18 Å². The number of amides is 1. The van der Waals surface area contributed by atoms with Crippen molar-refractivity contribution in [1.29, 1.82) is 0 Å². The molecule has 1 aromatic rings. The molecule has 3 heteroatoms. The number of benzene rings is 1. The van der Waals surface area contributed by atoms with E-state index in [2.05, 4.69) is 19.2 Å². The molecule has 0 radical (unpaired) electrons. The Labute approximate surface area is 108 Å². The van der Waals surface area contributed by atoms with Gasteiger partial charge < -0.3 is 5.32 Å². The Balaban J connectivity index is 1.90. The quantitative estimate of drug-likeness (QED) is 0.853. The van der Waals surface area contributed by atoms with E-state index in [1.807, 2.05) is 0 Å². The Hall–Kier alpha value is -1.38. The first-order valence-corrected chi connectivity index (χ1v) is 6.53. The number of carbonyl (C=O) groups is 1. The molecule has 0 spiro atoms. The van der Waals surface area contributed by atoms with Crippen molar-refractivity contribution in [2.75, 3.05) is 0 Å². The Morgan fingerprint density at radius 1 is 1.22 bits per heavy atom. The number of hydrogen-bond acceptors (Lipinski definition) is 1. The Kier molecular flexibility index (Phi) is 3.69. The predicted octanol–water partition coefficient (Wildman–Crippen LogP) is 3.52. The van der Waals surface area contributed by atoms with Gasteiger partial charge in [-0.1, -0.05) is 13.8 Å². The lowest BCUT2D eigenvalue weighted by Crippen LogP contribution is -2.39. The van der Waals surface area contributed by atoms with Crippen LogP contribution in [0.3, 0.4) is 0 Å². The van der Waals surface area contributed by atoms with Gasteiger partial charge in [-0.25, -0.2) is 4.39 Å². The van der Waals surface area contributed by atoms with Crippen LogP contribution in [-0.4, -0.2) is 11.9 Å². The third kappa shape index (κ3) is 3.31. The first-order chi connectivity index (χ1) is 8.46. The minimum absolute atomic E-state index is 0.0975. The van der Waals surface area contributed by atoms with E-state index < -0.39 is 0 Å². The van der Waals surface area contributed by atoms with Crippen LogP contribution in [0.2, 0.25) is 0 Å². The smallest absolute Gasteiger partial charge is 0.251 e. The van der Waals surface area contributed by atoms with E-state index >= 15 is 0 Å². The average molecular weight is 249 g/mol. The molecule has 0 bridgehead atoms. The number of halogens is 1. The van der Waals surface area contributed by atoms with Crippen molar-refractivity contribution in [3.63, 3.8) is 0 Å². The second-order valence-electron chi connectivity index (χ2n) is 5.92. The fourth-order valence-corrected chi connectivity index (χ4v) is 2.41. The fraction of sp³-hybridized carbons (Fsp3) is 0.533. The lowest BCUT2D eigenvalue weighted by molar-refractivity contribution is 0.0909. The maximum absolute atomic E-state index is 12.8. The van der Waals surface area contributed by atoms with Crippen LogP contribution in [0.4, 0.5) is 4.39 Å². The second kappa shape index (κ2) is 5.09. The van der Waals surface area contributed by atoms with Gasteiger partial charge in [0.1, 0.15) is 5.82 Å². The monoisotopic (exact) mass is 249 g/mol. The molecule has 0 atom stereocenters. The molecule has 1 saturated carbocycles. The summed E-state index contributed by atoms with van der Waals surface area (Å²) >= 11 is 0. The van der Waals surface area contributed by atoms with E-state index in [9.17, 15) is 9.18 Å². The summed E-state index contributed by atoms with van der Waals surface area (Å²) in [7, 11) is 0. The molecular formula is C15H20FNO. The maximum atomic E-state index is 12.8. The van der Waals surface area contributed by atoms with Crippen LogP contribution < -0.4 is 5.32 Å². The Morgan fingerprint density at radius 2 is 1.78 bits per heavy atom. The van der Waals surface area contributed by atoms with Gasteiger partial charge in [-0.15, -0.1) is 0 Å². The molecule has 1 aromatic carbocycles. The van der Waals surface area contributed by atoms with E-state index in [4.69, 9.17) is 0 Å². The van der Waals surface area contributed by atoms with Gasteiger partial charge >= 0.3 is 0 Å². The molecule has 1 aliphatic carbocycles. The zero-order valence-electron chi connectivity index (χ0n) is 11.0. The number of rotatable bonds is 2. The van der Waals surface area contributed by atoms with Gasteiger partial charge in [0.15, 0.2) is 0 Å². The fourth-order valence-electron chi connectivity index (χ4n) is 2.41. The van der Waals surface area contributed by atoms with Crippen LogP contribution >= 0.6 is 0 Å². The van der Waals surface area contributed by atoms with E-state index in [0.29, 0.717) is 11.0 Å². The van der Waals surface area contributed by atoms with Gasteiger partial charge in [-0.2, -0.15) is 0 Å². The van der Waals surface area contributed by atoms with E-state index in [1.54, 1.807) is 0 Å². The van der Waals surface area contributed by atoms with Crippen molar-refractivity contribution in [2.45, 2.75) is 45.6 Å². The van der Waals surface area contributed by atoms with E-state index in [0.717, 1.165) is 25.7 Å². The van der Waals surface area contributed by atoms with Crippen LogP contribution in [0.15, 0.2) is 24.3 Å². The first-order valence-electron chi connectivity index (χ1n) is 6.53. The van der Waals surface area contributed by atoms with E-state index in [1.165, 1.54) is 24.3 Å². The average Bonchev–Trinajstić information content (AvgIpc) is 2.33. The predicted molar refractivity (Wildman–Crippen MR) is 69.9 cm³/mol. The highest BCUT2D eigenvalue weighted by Gasteiger charge is 2.27. The molecule has 0 aromatic heterocycles. The normalized spacial score (nSPS) is 19.5. The maximum Gasteiger partial charge on any atom is 0.251 e. The molecule has 2 nitrogen and oxygen atoms in total. The van der Waals surface area contributed by atoms with Crippen LogP contribution in [-0.2, 0) is 0 Å². The highest BCUT2D eigenvalue weighted by atomic mass is 19.1. The van der Waals surface area contributed by atoms with Crippen molar-refractivity contribution in [1.82, 2.24) is 5.32 Å². The minimum Gasteiger partial charge on any atom is -0.349 e. The van der Waals surface area contributed by atoms with Crippen LogP contribution in [0.1, 0.15) is 49.9 Å². The van der Waals surface area contributed by atoms with Crippen LogP contribution in [0.25, 0.3) is 0 Å². The topological polar surface area (TPSA) is 29.1 Å². The molecular weight excluding hydrogens is 229 g/mol. The molecule has 98 valence electrons. The van der Waals surface area contributed by atoms with Gasteiger partial charge in [0, 0.05) is 11.6 Å². The SMILES string of the molecule is CC1(C)CCC(NC(=O)c2ccc(F)cc2)CC1. The molecule has 1 amide bonds. The minimum atomic E-state index is -0.314. The third-order valence-electron chi connectivity index (χ3n) is 3.78. The summed E-state index contributed by atoms with van der Waals surface area (Å²) in [5.74, 6) is -0.411. The van der Waals surface area contributed by atoms with Crippen molar-refractivity contribution in [2.24, 2.45) is 5.41 Å². The van der Waals surface area contributed by atoms with Crippen LogP contribution in [0, 0.1) is 11.2 Å².